The van der Waals surface area contributed by atoms with Gasteiger partial charge in [0, 0.05) is 48.9 Å². The van der Waals surface area contributed by atoms with Gasteiger partial charge in [0.2, 0.25) is 0 Å². The second-order valence-corrected chi connectivity index (χ2v) is 8.63. The third-order valence-corrected chi connectivity index (χ3v) is 6.26. The molecule has 0 spiro atoms. The number of halogens is 1. The molecule has 0 aromatic heterocycles. The molecule has 1 N–H and O–H groups in total. The third-order valence-electron chi connectivity index (χ3n) is 6.03. The first kappa shape index (κ1) is 20.9. The zero-order chi connectivity index (χ0) is 21.9. The summed E-state index contributed by atoms with van der Waals surface area (Å²) in [6.45, 7) is 4.29. The maximum atomic E-state index is 13.2. The van der Waals surface area contributed by atoms with E-state index in [2.05, 4.69) is 39.4 Å². The number of anilines is 1. The Kier molecular flexibility index (Phi) is 6.04. The zero-order valence-corrected chi connectivity index (χ0v) is 18.5. The number of rotatable bonds is 4. The van der Waals surface area contributed by atoms with Crippen LogP contribution < -0.4 is 5.32 Å². The van der Waals surface area contributed by atoms with Crippen molar-refractivity contribution < 1.29 is 4.79 Å². The van der Waals surface area contributed by atoms with Crippen LogP contribution in [0.5, 0.6) is 0 Å². The number of amides is 1. The van der Waals surface area contributed by atoms with Gasteiger partial charge in [0.1, 0.15) is 0 Å². The van der Waals surface area contributed by atoms with Gasteiger partial charge in [-0.25, -0.2) is 0 Å². The summed E-state index contributed by atoms with van der Waals surface area (Å²) in [4.78, 5) is 22.8. The van der Waals surface area contributed by atoms with Crippen molar-refractivity contribution in [2.45, 2.75) is 12.7 Å². The Bertz CT molecular complexity index is 1130. The van der Waals surface area contributed by atoms with Crippen molar-refractivity contribution in [3.05, 3.63) is 101 Å². The van der Waals surface area contributed by atoms with Crippen molar-refractivity contribution in [2.24, 2.45) is 4.99 Å². The van der Waals surface area contributed by atoms with Gasteiger partial charge in [0.15, 0.2) is 6.17 Å². The van der Waals surface area contributed by atoms with Gasteiger partial charge < -0.3 is 5.32 Å². The van der Waals surface area contributed by atoms with Gasteiger partial charge in [-0.15, -0.1) is 0 Å². The maximum absolute atomic E-state index is 13.2. The summed E-state index contributed by atoms with van der Waals surface area (Å²) in [6, 6.07) is 26.0. The summed E-state index contributed by atoms with van der Waals surface area (Å²) in [5.41, 5.74) is 4.66. The van der Waals surface area contributed by atoms with Crippen LogP contribution in [0.3, 0.4) is 0 Å². The Morgan fingerprint density at radius 2 is 1.59 bits per heavy atom. The first-order valence-corrected chi connectivity index (χ1v) is 11.3. The summed E-state index contributed by atoms with van der Waals surface area (Å²) >= 11 is 6.30. The van der Waals surface area contributed by atoms with Crippen LogP contribution in [0.4, 0.5) is 5.69 Å². The minimum atomic E-state index is -0.574. The molecule has 32 heavy (non-hydrogen) atoms. The van der Waals surface area contributed by atoms with E-state index in [1.165, 1.54) is 5.56 Å². The smallest absolute Gasteiger partial charge is 0.264 e. The topological polar surface area (TPSA) is 47.9 Å². The Hall–Kier alpha value is -2.99. The lowest BCUT2D eigenvalue weighted by Gasteiger charge is -2.37. The highest BCUT2D eigenvalue weighted by Gasteiger charge is 2.32. The normalized spacial score (nSPS) is 19.6. The fraction of sp³-hybridized carbons (Fsp3) is 0.231. The Balaban J connectivity index is 1.40. The van der Waals surface area contributed by atoms with Crippen molar-refractivity contribution in [1.82, 2.24) is 9.80 Å². The van der Waals surface area contributed by atoms with Crippen LogP contribution in [0.1, 0.15) is 16.7 Å². The minimum Gasteiger partial charge on any atom is -0.322 e. The number of carbonyl (C=O) groups is 1. The molecule has 0 bridgehead atoms. The molecule has 1 atom stereocenters. The molecule has 2 heterocycles. The standard InChI is InChI=1S/C26H25ClN4O/c27-21-11-12-23-22(17-21)24(20-9-5-2-6-10-20)29-25(26(32)28-23)31-15-13-30(14-16-31)18-19-7-3-1-4-8-19/h1-12,17,25H,13-16,18H2,(H,28,32). The van der Waals surface area contributed by atoms with Gasteiger partial charge in [-0.3, -0.25) is 19.6 Å². The van der Waals surface area contributed by atoms with Crippen molar-refractivity contribution in [1.29, 1.82) is 0 Å². The molecular formula is C26H25ClN4O. The second kappa shape index (κ2) is 9.25. The van der Waals surface area contributed by atoms with Crippen molar-refractivity contribution in [2.75, 3.05) is 31.5 Å². The third kappa shape index (κ3) is 4.46. The van der Waals surface area contributed by atoms with Crippen LogP contribution in [-0.4, -0.2) is 53.8 Å². The number of hydrogen-bond acceptors (Lipinski definition) is 4. The van der Waals surface area contributed by atoms with E-state index in [-0.39, 0.29) is 5.91 Å². The average molecular weight is 445 g/mol. The molecule has 2 aliphatic heterocycles. The van der Waals surface area contributed by atoms with Gasteiger partial charge in [0.05, 0.1) is 11.4 Å². The molecule has 5 rings (SSSR count). The fourth-order valence-corrected chi connectivity index (χ4v) is 4.52. The quantitative estimate of drug-likeness (QED) is 0.653. The van der Waals surface area contributed by atoms with Crippen molar-refractivity contribution in [3.8, 4) is 0 Å². The number of carbonyl (C=O) groups excluding carboxylic acids is 1. The van der Waals surface area contributed by atoms with Crippen LogP contribution >= 0.6 is 11.6 Å². The highest BCUT2D eigenvalue weighted by molar-refractivity contribution is 6.32. The van der Waals surface area contributed by atoms with Gasteiger partial charge in [-0.2, -0.15) is 0 Å². The van der Waals surface area contributed by atoms with E-state index in [0.717, 1.165) is 55.2 Å². The maximum Gasteiger partial charge on any atom is 0.264 e. The van der Waals surface area contributed by atoms with Gasteiger partial charge in [-0.1, -0.05) is 72.3 Å². The van der Waals surface area contributed by atoms with Crippen molar-refractivity contribution in [3.63, 3.8) is 0 Å². The van der Waals surface area contributed by atoms with E-state index in [4.69, 9.17) is 16.6 Å². The average Bonchev–Trinajstić information content (AvgIpc) is 2.97. The molecule has 0 aliphatic carbocycles. The Labute approximate surface area is 193 Å². The van der Waals surface area contributed by atoms with E-state index in [1.807, 2.05) is 48.5 Å². The van der Waals surface area contributed by atoms with Crippen LogP contribution in [0.15, 0.2) is 83.9 Å². The van der Waals surface area contributed by atoms with Gasteiger partial charge >= 0.3 is 0 Å². The van der Waals surface area contributed by atoms with Gasteiger partial charge in [0.25, 0.3) is 5.91 Å². The number of piperazine rings is 1. The Morgan fingerprint density at radius 3 is 2.31 bits per heavy atom. The predicted octanol–water partition coefficient (Wildman–Crippen LogP) is 4.27. The fourth-order valence-electron chi connectivity index (χ4n) is 4.35. The summed E-state index contributed by atoms with van der Waals surface area (Å²) in [7, 11) is 0. The number of benzene rings is 3. The molecule has 3 aromatic carbocycles. The molecule has 162 valence electrons. The number of fused-ring (bicyclic) bond motifs is 1. The van der Waals surface area contributed by atoms with Crippen LogP contribution in [0.2, 0.25) is 5.02 Å². The molecule has 3 aromatic rings. The van der Waals surface area contributed by atoms with E-state index in [1.54, 1.807) is 6.07 Å². The molecular weight excluding hydrogens is 420 g/mol. The number of aliphatic imine (C=N–C) groups is 1. The summed E-state index contributed by atoms with van der Waals surface area (Å²) in [5, 5.41) is 3.70. The lowest BCUT2D eigenvalue weighted by Crippen LogP contribution is -2.52. The first-order chi connectivity index (χ1) is 15.7. The molecule has 5 nitrogen and oxygen atoms in total. The highest BCUT2D eigenvalue weighted by atomic mass is 35.5. The summed E-state index contributed by atoms with van der Waals surface area (Å²) < 4.78 is 0. The zero-order valence-electron chi connectivity index (χ0n) is 17.7. The molecule has 1 amide bonds. The number of nitrogens with zero attached hydrogens (tertiary/aromatic N) is 3. The van der Waals surface area contributed by atoms with Crippen LogP contribution in [0, 0.1) is 0 Å². The molecule has 6 heteroatoms. The first-order valence-electron chi connectivity index (χ1n) is 10.9. The van der Waals surface area contributed by atoms with E-state index in [0.29, 0.717) is 5.02 Å². The lowest BCUT2D eigenvalue weighted by atomic mass is 10.0. The van der Waals surface area contributed by atoms with E-state index in [9.17, 15) is 4.79 Å². The lowest BCUT2D eigenvalue weighted by molar-refractivity contribution is -0.121. The molecule has 1 unspecified atom stereocenters. The van der Waals surface area contributed by atoms with Crippen LogP contribution in [0.25, 0.3) is 0 Å². The number of nitrogens with one attached hydrogen (secondary N) is 1. The largest absolute Gasteiger partial charge is 0.322 e. The highest BCUT2D eigenvalue weighted by Crippen LogP contribution is 2.28. The summed E-state index contributed by atoms with van der Waals surface area (Å²) in [6.07, 6.45) is -0.574. The molecule has 0 saturated carbocycles. The number of hydrogen-bond donors (Lipinski definition) is 1. The van der Waals surface area contributed by atoms with Crippen molar-refractivity contribution >= 4 is 28.9 Å². The van der Waals surface area contributed by atoms with Crippen LogP contribution in [-0.2, 0) is 11.3 Å². The van der Waals surface area contributed by atoms with E-state index >= 15 is 0 Å². The number of benzodiazepines with no additional fused rings is 1. The molecule has 1 fully saturated rings. The van der Waals surface area contributed by atoms with Gasteiger partial charge in [-0.05, 0) is 23.8 Å². The SMILES string of the molecule is O=C1Nc2ccc(Cl)cc2C(c2ccccc2)=NC1N1CCN(Cc2ccccc2)CC1. The predicted molar refractivity (Wildman–Crippen MR) is 129 cm³/mol. The Morgan fingerprint density at radius 1 is 0.906 bits per heavy atom. The summed E-state index contributed by atoms with van der Waals surface area (Å²) in [5.74, 6) is -0.101. The second-order valence-electron chi connectivity index (χ2n) is 8.19. The molecule has 0 radical (unpaired) electrons. The minimum absolute atomic E-state index is 0.101. The monoisotopic (exact) mass is 444 g/mol. The molecule has 1 saturated heterocycles. The van der Waals surface area contributed by atoms with E-state index < -0.39 is 6.17 Å². The molecule has 2 aliphatic rings.